The van der Waals surface area contributed by atoms with Crippen LogP contribution in [0.3, 0.4) is 0 Å². The molecule has 0 aliphatic carbocycles. The van der Waals surface area contributed by atoms with E-state index >= 15 is 0 Å². The Morgan fingerprint density at radius 2 is 1.76 bits per heavy atom. The number of nitrogens with one attached hydrogen (secondary N) is 1. The molecule has 3 rings (SSSR count). The summed E-state index contributed by atoms with van der Waals surface area (Å²) < 4.78 is 16.3. The summed E-state index contributed by atoms with van der Waals surface area (Å²) in [5.74, 6) is 2.45. The summed E-state index contributed by atoms with van der Waals surface area (Å²) in [5.41, 5.74) is 0.822. The number of hydrogen-bond acceptors (Lipinski definition) is 6. The minimum atomic E-state index is 0.438. The first-order valence-electron chi connectivity index (χ1n) is 7.88. The van der Waals surface area contributed by atoms with Gasteiger partial charge in [0.1, 0.15) is 18.1 Å². The molecule has 6 heteroatoms. The molecule has 1 heterocycles. The van der Waals surface area contributed by atoms with E-state index in [4.69, 9.17) is 14.2 Å². The summed E-state index contributed by atoms with van der Waals surface area (Å²) in [4.78, 5) is 8.51. The molecule has 0 amide bonds. The Labute approximate surface area is 146 Å². The van der Waals surface area contributed by atoms with E-state index in [1.54, 1.807) is 19.4 Å². The van der Waals surface area contributed by atoms with E-state index in [0.29, 0.717) is 25.0 Å². The first-order valence-corrected chi connectivity index (χ1v) is 7.88. The standard InChI is InChI=1S/C19H19N3O3/c1-23-12-13-24-18-10-11-20-19(22-18)21-15-6-5-9-17(14-15)25-16-7-3-2-4-8-16/h2-11,14H,12-13H2,1H3,(H,20,21,22). The molecule has 1 aromatic heterocycles. The summed E-state index contributed by atoms with van der Waals surface area (Å²) in [5, 5.41) is 3.15. The fourth-order valence-electron chi connectivity index (χ4n) is 2.10. The highest BCUT2D eigenvalue weighted by Gasteiger charge is 2.03. The van der Waals surface area contributed by atoms with Crippen molar-refractivity contribution < 1.29 is 14.2 Å². The van der Waals surface area contributed by atoms with Gasteiger partial charge >= 0.3 is 0 Å². The molecule has 0 aliphatic rings. The highest BCUT2D eigenvalue weighted by atomic mass is 16.5. The maximum Gasteiger partial charge on any atom is 0.230 e. The number of rotatable bonds is 8. The SMILES string of the molecule is COCCOc1ccnc(Nc2cccc(Oc3ccccc3)c2)n1. The number of hydrogen-bond donors (Lipinski definition) is 1. The Kier molecular flexibility index (Phi) is 5.79. The third-order valence-corrected chi connectivity index (χ3v) is 3.24. The van der Waals surface area contributed by atoms with Crippen molar-refractivity contribution in [3.63, 3.8) is 0 Å². The van der Waals surface area contributed by atoms with Gasteiger partial charge in [-0.05, 0) is 24.3 Å². The van der Waals surface area contributed by atoms with Crippen LogP contribution in [0.5, 0.6) is 17.4 Å². The number of nitrogens with zero attached hydrogens (tertiary/aromatic N) is 2. The van der Waals surface area contributed by atoms with Crippen LogP contribution in [0.2, 0.25) is 0 Å². The molecule has 25 heavy (non-hydrogen) atoms. The van der Waals surface area contributed by atoms with Crippen molar-refractivity contribution >= 4 is 11.6 Å². The highest BCUT2D eigenvalue weighted by Crippen LogP contribution is 2.25. The van der Waals surface area contributed by atoms with Gasteiger partial charge in [-0.1, -0.05) is 24.3 Å². The van der Waals surface area contributed by atoms with E-state index < -0.39 is 0 Å². The second-order valence-corrected chi connectivity index (χ2v) is 5.13. The van der Waals surface area contributed by atoms with Crippen molar-refractivity contribution in [2.75, 3.05) is 25.6 Å². The second-order valence-electron chi connectivity index (χ2n) is 5.13. The lowest BCUT2D eigenvalue weighted by Gasteiger charge is -2.10. The molecule has 0 fully saturated rings. The van der Waals surface area contributed by atoms with Crippen LogP contribution < -0.4 is 14.8 Å². The van der Waals surface area contributed by atoms with E-state index in [2.05, 4.69) is 15.3 Å². The predicted octanol–water partition coefficient (Wildman–Crippen LogP) is 4.04. The molecule has 6 nitrogen and oxygen atoms in total. The van der Waals surface area contributed by atoms with Gasteiger partial charge in [0.15, 0.2) is 0 Å². The van der Waals surface area contributed by atoms with Crippen molar-refractivity contribution in [1.29, 1.82) is 0 Å². The summed E-state index contributed by atoms with van der Waals surface area (Å²) in [7, 11) is 1.63. The lowest BCUT2D eigenvalue weighted by atomic mass is 10.3. The zero-order valence-corrected chi connectivity index (χ0v) is 13.9. The van der Waals surface area contributed by atoms with Crippen LogP contribution in [0.25, 0.3) is 0 Å². The fourth-order valence-corrected chi connectivity index (χ4v) is 2.10. The van der Waals surface area contributed by atoms with Gasteiger partial charge < -0.3 is 19.5 Å². The van der Waals surface area contributed by atoms with Crippen molar-refractivity contribution in [2.24, 2.45) is 0 Å². The molecule has 0 saturated carbocycles. The molecule has 0 unspecified atom stereocenters. The molecule has 0 saturated heterocycles. The molecule has 2 aromatic carbocycles. The maximum atomic E-state index is 5.83. The van der Waals surface area contributed by atoms with E-state index in [-0.39, 0.29) is 0 Å². The van der Waals surface area contributed by atoms with Crippen LogP contribution in [-0.4, -0.2) is 30.3 Å². The van der Waals surface area contributed by atoms with Gasteiger partial charge in [-0.15, -0.1) is 0 Å². The number of ether oxygens (including phenoxy) is 3. The maximum absolute atomic E-state index is 5.83. The molecule has 1 N–H and O–H groups in total. The predicted molar refractivity (Wildman–Crippen MR) is 95.6 cm³/mol. The largest absolute Gasteiger partial charge is 0.475 e. The Morgan fingerprint density at radius 1 is 0.920 bits per heavy atom. The van der Waals surface area contributed by atoms with Gasteiger partial charge in [-0.3, -0.25) is 0 Å². The minimum Gasteiger partial charge on any atom is -0.475 e. The van der Waals surface area contributed by atoms with Crippen LogP contribution >= 0.6 is 0 Å². The molecular weight excluding hydrogens is 318 g/mol. The smallest absolute Gasteiger partial charge is 0.230 e. The number of para-hydroxylation sites is 1. The molecule has 0 aliphatic heterocycles. The summed E-state index contributed by atoms with van der Waals surface area (Å²) >= 11 is 0. The van der Waals surface area contributed by atoms with Crippen LogP contribution in [0, 0.1) is 0 Å². The average molecular weight is 337 g/mol. The van der Waals surface area contributed by atoms with Crippen molar-refractivity contribution in [2.45, 2.75) is 0 Å². The number of anilines is 2. The van der Waals surface area contributed by atoms with Crippen LogP contribution in [0.4, 0.5) is 11.6 Å². The molecule has 0 radical (unpaired) electrons. The van der Waals surface area contributed by atoms with Crippen molar-refractivity contribution in [1.82, 2.24) is 9.97 Å². The minimum absolute atomic E-state index is 0.438. The van der Waals surface area contributed by atoms with Gasteiger partial charge in [-0.25, -0.2) is 4.98 Å². The molecule has 0 bridgehead atoms. The Bertz CT molecular complexity index is 797. The fraction of sp³-hybridized carbons (Fsp3) is 0.158. The normalized spacial score (nSPS) is 10.3. The number of methoxy groups -OCH3 is 1. The van der Waals surface area contributed by atoms with Crippen LogP contribution in [0.15, 0.2) is 66.9 Å². The van der Waals surface area contributed by atoms with Crippen LogP contribution in [-0.2, 0) is 4.74 Å². The lowest BCUT2D eigenvalue weighted by molar-refractivity contribution is 0.144. The van der Waals surface area contributed by atoms with Gasteiger partial charge in [-0.2, -0.15) is 4.98 Å². The molecule has 0 atom stereocenters. The Morgan fingerprint density at radius 3 is 2.60 bits per heavy atom. The number of aromatic nitrogens is 2. The zero-order chi connectivity index (χ0) is 17.3. The molecule has 128 valence electrons. The Balaban J connectivity index is 1.66. The van der Waals surface area contributed by atoms with Gasteiger partial charge in [0, 0.05) is 31.1 Å². The van der Waals surface area contributed by atoms with E-state index in [9.17, 15) is 0 Å². The molecular formula is C19H19N3O3. The first-order chi connectivity index (χ1) is 12.3. The summed E-state index contributed by atoms with van der Waals surface area (Å²) in [6.45, 7) is 0.943. The molecule has 0 spiro atoms. The number of benzene rings is 2. The third kappa shape index (κ3) is 5.19. The Hall–Kier alpha value is -3.12. The third-order valence-electron chi connectivity index (χ3n) is 3.24. The van der Waals surface area contributed by atoms with Crippen molar-refractivity contribution in [3.8, 4) is 17.4 Å². The lowest BCUT2D eigenvalue weighted by Crippen LogP contribution is -2.06. The van der Waals surface area contributed by atoms with E-state index in [0.717, 1.165) is 17.2 Å². The zero-order valence-electron chi connectivity index (χ0n) is 13.9. The summed E-state index contributed by atoms with van der Waals surface area (Å²) in [6, 6.07) is 18.9. The second kappa shape index (κ2) is 8.65. The first kappa shape index (κ1) is 16.7. The van der Waals surface area contributed by atoms with Gasteiger partial charge in [0.25, 0.3) is 0 Å². The summed E-state index contributed by atoms with van der Waals surface area (Å²) in [6.07, 6.45) is 1.64. The van der Waals surface area contributed by atoms with Crippen LogP contribution in [0.1, 0.15) is 0 Å². The van der Waals surface area contributed by atoms with Gasteiger partial charge in [0.2, 0.25) is 11.8 Å². The molecule has 3 aromatic rings. The topological polar surface area (TPSA) is 65.5 Å². The highest BCUT2D eigenvalue weighted by molar-refractivity contribution is 5.56. The van der Waals surface area contributed by atoms with E-state index in [1.807, 2.05) is 54.6 Å². The van der Waals surface area contributed by atoms with E-state index in [1.165, 1.54) is 0 Å². The monoisotopic (exact) mass is 337 g/mol. The average Bonchev–Trinajstić information content (AvgIpc) is 2.63. The van der Waals surface area contributed by atoms with Gasteiger partial charge in [0.05, 0.1) is 6.61 Å². The van der Waals surface area contributed by atoms with Crippen molar-refractivity contribution in [3.05, 3.63) is 66.9 Å². The quantitative estimate of drug-likeness (QED) is 0.626.